The first-order valence-electron chi connectivity index (χ1n) is 13.2. The van der Waals surface area contributed by atoms with Gasteiger partial charge in [-0.15, -0.1) is 0 Å². The van der Waals surface area contributed by atoms with E-state index in [1.54, 1.807) is 35.2 Å². The van der Waals surface area contributed by atoms with E-state index >= 15 is 0 Å². The standard InChI is InChI=1S/C28H37N7O4/c1-2-3-15-21(26(38)34-23-18-35(27(23)39)20-13-8-5-9-14-20)33-25(37)22(16-10-17-31-28(29)30)32-24(36)19-11-6-4-7-12-19/h4-9,11-14,21-23H,2-3,10,15-18H2,1H3,(H,32,36)(H,33,37)(H,34,38)(H4,29,30,31)/t21-,22-,23+/m0/s1. The predicted octanol–water partition coefficient (Wildman–Crippen LogP) is 1.05. The van der Waals surface area contributed by atoms with E-state index in [1.165, 1.54) is 0 Å². The first-order chi connectivity index (χ1) is 18.8. The molecule has 1 heterocycles. The molecule has 0 bridgehead atoms. The first-order valence-corrected chi connectivity index (χ1v) is 13.2. The number of unbranched alkanes of at least 4 members (excludes halogenated alkanes) is 1. The number of nitrogens with two attached hydrogens (primary N) is 2. The van der Waals surface area contributed by atoms with Crippen molar-refractivity contribution < 1.29 is 19.2 Å². The van der Waals surface area contributed by atoms with E-state index in [9.17, 15) is 19.2 Å². The Morgan fingerprint density at radius 3 is 2.15 bits per heavy atom. The maximum Gasteiger partial charge on any atom is 0.251 e. The molecule has 1 aliphatic rings. The summed E-state index contributed by atoms with van der Waals surface area (Å²) in [5.41, 5.74) is 11.9. The number of rotatable bonds is 14. The van der Waals surface area contributed by atoms with Crippen LogP contribution in [-0.2, 0) is 14.4 Å². The van der Waals surface area contributed by atoms with Gasteiger partial charge in [0.15, 0.2) is 5.96 Å². The molecule has 208 valence electrons. The van der Waals surface area contributed by atoms with Crippen LogP contribution in [0, 0.1) is 0 Å². The Bertz CT molecular complexity index is 1150. The minimum atomic E-state index is -0.914. The summed E-state index contributed by atoms with van der Waals surface area (Å²) >= 11 is 0. The molecule has 3 rings (SSSR count). The zero-order valence-corrected chi connectivity index (χ0v) is 22.1. The molecule has 3 atom stereocenters. The number of benzene rings is 2. The van der Waals surface area contributed by atoms with Crippen molar-refractivity contribution in [1.82, 2.24) is 16.0 Å². The number of para-hydroxylation sites is 1. The van der Waals surface area contributed by atoms with Crippen LogP contribution in [0.2, 0.25) is 0 Å². The van der Waals surface area contributed by atoms with Crippen molar-refractivity contribution in [2.24, 2.45) is 16.5 Å². The lowest BCUT2D eigenvalue weighted by Crippen LogP contribution is -2.66. The highest BCUT2D eigenvalue weighted by molar-refractivity contribution is 6.06. The van der Waals surface area contributed by atoms with Crippen molar-refractivity contribution in [3.63, 3.8) is 0 Å². The van der Waals surface area contributed by atoms with Crippen molar-refractivity contribution in [2.75, 3.05) is 18.0 Å². The highest BCUT2D eigenvalue weighted by atomic mass is 16.2. The van der Waals surface area contributed by atoms with Crippen molar-refractivity contribution >= 4 is 35.3 Å². The molecule has 2 aromatic rings. The fourth-order valence-corrected chi connectivity index (χ4v) is 4.20. The van der Waals surface area contributed by atoms with Crippen LogP contribution in [0.15, 0.2) is 65.7 Å². The summed E-state index contributed by atoms with van der Waals surface area (Å²) < 4.78 is 0. The Labute approximate surface area is 228 Å². The van der Waals surface area contributed by atoms with Gasteiger partial charge in [-0.1, -0.05) is 56.2 Å². The quantitative estimate of drug-likeness (QED) is 0.105. The minimum Gasteiger partial charge on any atom is -0.370 e. The molecule has 1 fully saturated rings. The Morgan fingerprint density at radius 1 is 0.923 bits per heavy atom. The summed E-state index contributed by atoms with van der Waals surface area (Å²) in [6.07, 6.45) is 2.60. The lowest BCUT2D eigenvalue weighted by atomic mass is 10.0. The van der Waals surface area contributed by atoms with Crippen LogP contribution < -0.4 is 32.3 Å². The van der Waals surface area contributed by atoms with Gasteiger partial charge >= 0.3 is 0 Å². The van der Waals surface area contributed by atoms with Crippen molar-refractivity contribution in [3.8, 4) is 0 Å². The number of hydrogen-bond donors (Lipinski definition) is 5. The first kappa shape index (κ1) is 29.2. The molecule has 0 unspecified atom stereocenters. The topological polar surface area (TPSA) is 172 Å². The molecule has 1 aliphatic heterocycles. The van der Waals surface area contributed by atoms with Gasteiger partial charge in [-0.05, 0) is 43.5 Å². The average Bonchev–Trinajstić information content (AvgIpc) is 2.94. The lowest BCUT2D eigenvalue weighted by molar-refractivity contribution is -0.133. The van der Waals surface area contributed by atoms with Crippen LogP contribution in [0.25, 0.3) is 0 Å². The fraction of sp³-hybridized carbons (Fsp3) is 0.393. The van der Waals surface area contributed by atoms with Gasteiger partial charge in [0.1, 0.15) is 18.1 Å². The highest BCUT2D eigenvalue weighted by Crippen LogP contribution is 2.21. The normalized spacial score (nSPS) is 15.9. The Hall–Kier alpha value is -4.41. The predicted molar refractivity (Wildman–Crippen MR) is 150 cm³/mol. The van der Waals surface area contributed by atoms with E-state index in [4.69, 9.17) is 11.5 Å². The molecule has 7 N–H and O–H groups in total. The van der Waals surface area contributed by atoms with Gasteiger partial charge in [-0.3, -0.25) is 24.2 Å². The van der Waals surface area contributed by atoms with Gasteiger partial charge in [0.25, 0.3) is 11.8 Å². The molecule has 11 heteroatoms. The van der Waals surface area contributed by atoms with Crippen LogP contribution in [0.1, 0.15) is 49.4 Å². The molecule has 0 spiro atoms. The van der Waals surface area contributed by atoms with E-state index in [1.807, 2.05) is 37.3 Å². The summed E-state index contributed by atoms with van der Waals surface area (Å²) in [6.45, 7) is 2.62. The highest BCUT2D eigenvalue weighted by Gasteiger charge is 2.40. The smallest absolute Gasteiger partial charge is 0.251 e. The molecule has 4 amide bonds. The Balaban J connectivity index is 1.65. The second-order valence-electron chi connectivity index (χ2n) is 9.39. The van der Waals surface area contributed by atoms with Crippen molar-refractivity contribution in [1.29, 1.82) is 0 Å². The molecule has 0 radical (unpaired) electrons. The minimum absolute atomic E-state index is 0.0583. The third kappa shape index (κ3) is 8.56. The molecular weight excluding hydrogens is 498 g/mol. The number of anilines is 1. The number of aliphatic imine (C=N–C) groups is 1. The SMILES string of the molecule is CCCC[C@H](NC(=O)[C@H](CCCN=C(N)N)NC(=O)c1ccccc1)C(=O)N[C@@H]1CN(c2ccccc2)C1=O. The van der Waals surface area contributed by atoms with Crippen LogP contribution >= 0.6 is 0 Å². The number of β-lactam (4-membered cyclic amide) rings is 1. The largest absolute Gasteiger partial charge is 0.370 e. The third-order valence-electron chi connectivity index (χ3n) is 6.40. The third-order valence-corrected chi connectivity index (χ3v) is 6.40. The number of nitrogens with one attached hydrogen (secondary N) is 3. The van der Waals surface area contributed by atoms with E-state index < -0.39 is 35.8 Å². The zero-order valence-electron chi connectivity index (χ0n) is 22.1. The second-order valence-corrected chi connectivity index (χ2v) is 9.39. The molecule has 11 nitrogen and oxygen atoms in total. The van der Waals surface area contributed by atoms with E-state index in [-0.39, 0.29) is 24.8 Å². The molecule has 0 saturated carbocycles. The molecule has 2 aromatic carbocycles. The Kier molecular flexibility index (Phi) is 10.8. The van der Waals surface area contributed by atoms with Gasteiger partial charge in [0, 0.05) is 17.8 Å². The van der Waals surface area contributed by atoms with Crippen molar-refractivity contribution in [3.05, 3.63) is 66.2 Å². The van der Waals surface area contributed by atoms with Gasteiger partial charge < -0.3 is 32.3 Å². The van der Waals surface area contributed by atoms with Crippen LogP contribution in [0.4, 0.5) is 5.69 Å². The monoisotopic (exact) mass is 535 g/mol. The fourth-order valence-electron chi connectivity index (χ4n) is 4.20. The van der Waals surface area contributed by atoms with E-state index in [0.717, 1.165) is 12.1 Å². The van der Waals surface area contributed by atoms with E-state index in [2.05, 4.69) is 20.9 Å². The number of amides is 4. The molecule has 1 saturated heterocycles. The number of guanidine groups is 1. The van der Waals surface area contributed by atoms with Gasteiger partial charge in [-0.25, -0.2) is 0 Å². The molecular formula is C28H37N7O4. The van der Waals surface area contributed by atoms with Crippen LogP contribution in [0.5, 0.6) is 0 Å². The van der Waals surface area contributed by atoms with Gasteiger partial charge in [0.2, 0.25) is 11.8 Å². The number of nitrogens with zero attached hydrogens (tertiary/aromatic N) is 2. The summed E-state index contributed by atoms with van der Waals surface area (Å²) in [6, 6.07) is 15.3. The summed E-state index contributed by atoms with van der Waals surface area (Å²) in [4.78, 5) is 57.4. The summed E-state index contributed by atoms with van der Waals surface area (Å²) in [5, 5.41) is 8.33. The zero-order chi connectivity index (χ0) is 28.2. The number of carbonyl (C=O) groups excluding carboxylic acids is 4. The lowest BCUT2D eigenvalue weighted by Gasteiger charge is -2.39. The summed E-state index contributed by atoms with van der Waals surface area (Å²) in [7, 11) is 0. The molecule has 0 aliphatic carbocycles. The summed E-state index contributed by atoms with van der Waals surface area (Å²) in [5.74, 6) is -1.60. The molecule has 39 heavy (non-hydrogen) atoms. The van der Waals surface area contributed by atoms with Crippen LogP contribution in [0.3, 0.4) is 0 Å². The van der Waals surface area contributed by atoms with E-state index in [0.29, 0.717) is 31.4 Å². The van der Waals surface area contributed by atoms with Gasteiger partial charge in [0.05, 0.1) is 6.54 Å². The Morgan fingerprint density at radius 2 is 1.54 bits per heavy atom. The van der Waals surface area contributed by atoms with Gasteiger partial charge in [-0.2, -0.15) is 0 Å². The maximum absolute atomic E-state index is 13.3. The maximum atomic E-state index is 13.3. The number of hydrogen-bond acceptors (Lipinski definition) is 5. The number of carbonyl (C=O) groups is 4. The molecule has 0 aromatic heterocycles. The average molecular weight is 536 g/mol. The van der Waals surface area contributed by atoms with Crippen LogP contribution in [-0.4, -0.2) is 60.8 Å². The second kappa shape index (κ2) is 14.5. The van der Waals surface area contributed by atoms with Crippen molar-refractivity contribution in [2.45, 2.75) is 57.2 Å².